The van der Waals surface area contributed by atoms with E-state index >= 15 is 0 Å². The van der Waals surface area contributed by atoms with E-state index < -0.39 is 0 Å². The number of aryl methyl sites for hydroxylation is 1. The molecule has 0 unspecified atom stereocenters. The predicted octanol–water partition coefficient (Wildman–Crippen LogP) is 6.33. The molecule has 0 spiro atoms. The molecule has 3 rings (SSSR count). The van der Waals surface area contributed by atoms with Crippen molar-refractivity contribution in [2.75, 3.05) is 0 Å². The Morgan fingerprint density at radius 3 is 2.15 bits per heavy atom. The van der Waals surface area contributed by atoms with Gasteiger partial charge in [0.15, 0.2) is 5.82 Å². The van der Waals surface area contributed by atoms with Crippen molar-refractivity contribution in [1.29, 1.82) is 5.26 Å². The minimum absolute atomic E-state index is 0.662. The van der Waals surface area contributed by atoms with Crippen molar-refractivity contribution in [2.45, 2.75) is 71.1 Å². The number of hydrogen-bond acceptors (Lipinski definition) is 3. The van der Waals surface area contributed by atoms with E-state index in [-0.39, 0.29) is 0 Å². The van der Waals surface area contributed by atoms with Gasteiger partial charge in [-0.05, 0) is 54.5 Å². The second-order valence-corrected chi connectivity index (χ2v) is 8.03. The van der Waals surface area contributed by atoms with Crippen molar-refractivity contribution in [3.63, 3.8) is 0 Å². The van der Waals surface area contributed by atoms with Crippen molar-refractivity contribution in [1.82, 2.24) is 9.97 Å². The van der Waals surface area contributed by atoms with E-state index in [9.17, 15) is 0 Å². The van der Waals surface area contributed by atoms with Gasteiger partial charge < -0.3 is 0 Å². The highest BCUT2D eigenvalue weighted by atomic mass is 14.9. The van der Waals surface area contributed by atoms with Crippen LogP contribution in [0.25, 0.3) is 11.4 Å². The Morgan fingerprint density at radius 1 is 0.926 bits per heavy atom. The van der Waals surface area contributed by atoms with Crippen LogP contribution in [-0.2, 0) is 6.42 Å². The Labute approximate surface area is 163 Å². The maximum Gasteiger partial charge on any atom is 0.159 e. The molecule has 0 N–H and O–H groups in total. The molecule has 1 aromatic heterocycles. The third-order valence-electron chi connectivity index (χ3n) is 6.00. The summed E-state index contributed by atoms with van der Waals surface area (Å²) in [5, 5.41) is 8.88. The fraction of sp³-hybridized carbons (Fsp3) is 0.542. The van der Waals surface area contributed by atoms with Crippen LogP contribution in [0.5, 0.6) is 0 Å². The van der Waals surface area contributed by atoms with Crippen LogP contribution in [-0.4, -0.2) is 9.97 Å². The second kappa shape index (κ2) is 10.2. The summed E-state index contributed by atoms with van der Waals surface area (Å²) >= 11 is 0. The van der Waals surface area contributed by atoms with Gasteiger partial charge in [-0.2, -0.15) is 5.26 Å². The van der Waals surface area contributed by atoms with E-state index in [1.807, 2.05) is 36.7 Å². The highest BCUT2D eigenvalue weighted by Gasteiger charge is 2.20. The van der Waals surface area contributed by atoms with Gasteiger partial charge in [-0.3, -0.25) is 0 Å². The minimum atomic E-state index is 0.662. The molecule has 0 saturated heterocycles. The molecule has 1 aromatic carbocycles. The molecule has 3 heteroatoms. The van der Waals surface area contributed by atoms with E-state index in [0.717, 1.165) is 29.6 Å². The summed E-state index contributed by atoms with van der Waals surface area (Å²) in [4.78, 5) is 9.06. The van der Waals surface area contributed by atoms with Gasteiger partial charge >= 0.3 is 0 Å². The normalized spacial score (nSPS) is 19.6. The number of nitrogens with zero attached hydrogens (tertiary/aromatic N) is 3. The number of benzene rings is 1. The molecule has 1 fully saturated rings. The van der Waals surface area contributed by atoms with Crippen LogP contribution in [0.15, 0.2) is 36.7 Å². The molecule has 1 aliphatic carbocycles. The number of aromatic nitrogens is 2. The quantitative estimate of drug-likeness (QED) is 0.516. The van der Waals surface area contributed by atoms with Gasteiger partial charge in [0.2, 0.25) is 0 Å². The summed E-state index contributed by atoms with van der Waals surface area (Å²) in [6.45, 7) is 2.29. The van der Waals surface area contributed by atoms with Gasteiger partial charge in [-0.25, -0.2) is 9.97 Å². The lowest BCUT2D eigenvalue weighted by atomic mass is 9.78. The molecular weight excluding hydrogens is 330 g/mol. The molecule has 0 bridgehead atoms. The Balaban J connectivity index is 1.43. The van der Waals surface area contributed by atoms with Crippen LogP contribution >= 0.6 is 0 Å². The van der Waals surface area contributed by atoms with Crippen molar-refractivity contribution in [3.8, 4) is 17.5 Å². The maximum atomic E-state index is 8.88. The molecule has 142 valence electrons. The van der Waals surface area contributed by atoms with Crippen LogP contribution < -0.4 is 0 Å². The van der Waals surface area contributed by atoms with Crippen LogP contribution in [0, 0.1) is 23.2 Å². The molecule has 2 aromatic rings. The lowest BCUT2D eigenvalue weighted by molar-refractivity contribution is 0.249. The van der Waals surface area contributed by atoms with Crippen molar-refractivity contribution in [2.24, 2.45) is 11.8 Å². The van der Waals surface area contributed by atoms with Crippen molar-refractivity contribution < 1.29 is 0 Å². The molecular formula is C24H31N3. The third kappa shape index (κ3) is 5.89. The average molecular weight is 362 g/mol. The van der Waals surface area contributed by atoms with E-state index in [1.54, 1.807) is 0 Å². The van der Waals surface area contributed by atoms with Gasteiger partial charge in [0.25, 0.3) is 0 Å². The third-order valence-corrected chi connectivity index (χ3v) is 6.00. The van der Waals surface area contributed by atoms with Gasteiger partial charge in [0.1, 0.15) is 0 Å². The molecule has 3 nitrogen and oxygen atoms in total. The summed E-state index contributed by atoms with van der Waals surface area (Å²) in [7, 11) is 0. The van der Waals surface area contributed by atoms with Crippen LogP contribution in [0.2, 0.25) is 0 Å². The Kier molecular flexibility index (Phi) is 7.39. The lowest BCUT2D eigenvalue weighted by Crippen LogP contribution is -2.15. The minimum Gasteiger partial charge on any atom is -0.236 e. The predicted molar refractivity (Wildman–Crippen MR) is 110 cm³/mol. The van der Waals surface area contributed by atoms with Crippen LogP contribution in [0.3, 0.4) is 0 Å². The molecule has 0 amide bonds. The zero-order valence-corrected chi connectivity index (χ0v) is 16.5. The average Bonchev–Trinajstić information content (AvgIpc) is 2.74. The van der Waals surface area contributed by atoms with Gasteiger partial charge in [0.05, 0.1) is 11.6 Å². The van der Waals surface area contributed by atoms with Crippen molar-refractivity contribution >= 4 is 0 Å². The summed E-state index contributed by atoms with van der Waals surface area (Å²) in [6, 6.07) is 9.58. The fourth-order valence-electron chi connectivity index (χ4n) is 4.19. The van der Waals surface area contributed by atoms with Gasteiger partial charge in [0, 0.05) is 18.0 Å². The number of hydrogen-bond donors (Lipinski definition) is 0. The molecule has 1 aliphatic rings. The number of nitriles is 1. The van der Waals surface area contributed by atoms with E-state index in [4.69, 9.17) is 5.26 Å². The monoisotopic (exact) mass is 361 g/mol. The number of unbranched alkanes of at least 4 members (excludes halogenated alkanes) is 2. The topological polar surface area (TPSA) is 49.6 Å². The number of rotatable bonds is 8. The Bertz CT molecular complexity index is 720. The second-order valence-electron chi connectivity index (χ2n) is 8.03. The molecule has 1 heterocycles. The van der Waals surface area contributed by atoms with E-state index in [0.29, 0.717) is 5.56 Å². The van der Waals surface area contributed by atoms with Gasteiger partial charge in [-0.1, -0.05) is 58.3 Å². The van der Waals surface area contributed by atoms with Gasteiger partial charge in [-0.15, -0.1) is 0 Å². The zero-order valence-electron chi connectivity index (χ0n) is 16.5. The maximum absolute atomic E-state index is 8.88. The Hall–Kier alpha value is -2.21. The first-order chi connectivity index (χ1) is 13.3. The first-order valence-corrected chi connectivity index (χ1v) is 10.6. The summed E-state index contributed by atoms with van der Waals surface area (Å²) in [5.41, 5.74) is 2.86. The first kappa shape index (κ1) is 19.5. The largest absolute Gasteiger partial charge is 0.236 e. The molecule has 27 heavy (non-hydrogen) atoms. The SMILES string of the molecule is CCCCC[C@H]1CC[C@H](CCc2cnc(-c3ccc(C#N)cc3)nc2)CC1. The molecule has 0 radical (unpaired) electrons. The van der Waals surface area contributed by atoms with E-state index in [1.165, 1.54) is 63.4 Å². The van der Waals surface area contributed by atoms with Crippen LogP contribution in [0.4, 0.5) is 0 Å². The fourth-order valence-corrected chi connectivity index (χ4v) is 4.19. The highest BCUT2D eigenvalue weighted by molar-refractivity contribution is 5.56. The molecule has 1 saturated carbocycles. The summed E-state index contributed by atoms with van der Waals surface area (Å²) < 4.78 is 0. The zero-order chi connectivity index (χ0) is 18.9. The lowest BCUT2D eigenvalue weighted by Gasteiger charge is -2.28. The first-order valence-electron chi connectivity index (χ1n) is 10.6. The highest BCUT2D eigenvalue weighted by Crippen LogP contribution is 2.34. The standard InChI is InChI=1S/C24H31N3/c1-2-3-4-5-19-6-8-20(9-7-19)10-11-22-17-26-24(27-18-22)23-14-12-21(16-25)13-15-23/h12-15,17-20H,2-11H2,1H3/t19-,20-. The Morgan fingerprint density at radius 2 is 1.56 bits per heavy atom. The summed E-state index contributed by atoms with van der Waals surface area (Å²) in [6.07, 6.45) is 17.6. The summed E-state index contributed by atoms with van der Waals surface area (Å²) in [5.74, 6) is 2.60. The smallest absolute Gasteiger partial charge is 0.159 e. The van der Waals surface area contributed by atoms with Crippen molar-refractivity contribution in [3.05, 3.63) is 47.8 Å². The molecule has 0 aliphatic heterocycles. The molecule has 0 atom stereocenters. The van der Waals surface area contributed by atoms with Crippen LogP contribution in [0.1, 0.15) is 75.8 Å². The van der Waals surface area contributed by atoms with E-state index in [2.05, 4.69) is 23.0 Å².